The molecule has 0 unspecified atom stereocenters. The highest BCUT2D eigenvalue weighted by molar-refractivity contribution is 6.46. The molecule has 0 bridgehead atoms. The lowest BCUT2D eigenvalue weighted by atomic mass is 9.94. The van der Waals surface area contributed by atoms with Gasteiger partial charge in [0.2, 0.25) is 0 Å². The topological polar surface area (TPSA) is 97.8 Å². The van der Waals surface area contributed by atoms with Crippen molar-refractivity contribution < 1.29 is 33.6 Å². The Bertz CT molecular complexity index is 1140. The van der Waals surface area contributed by atoms with Crippen LogP contribution in [0.4, 0.5) is 0 Å². The third kappa shape index (κ3) is 4.26. The van der Waals surface area contributed by atoms with Gasteiger partial charge in [-0.3, -0.25) is 9.59 Å². The van der Waals surface area contributed by atoms with E-state index in [4.69, 9.17) is 18.9 Å². The molecule has 1 saturated heterocycles. The lowest BCUT2D eigenvalue weighted by molar-refractivity contribution is -0.140. The van der Waals surface area contributed by atoms with E-state index in [1.165, 1.54) is 12.0 Å². The molecule has 0 saturated carbocycles. The van der Waals surface area contributed by atoms with Gasteiger partial charge in [-0.15, -0.1) is 0 Å². The zero-order valence-electron chi connectivity index (χ0n) is 19.7. The molecule has 2 heterocycles. The normalized spacial score (nSPS) is 19.0. The molecule has 2 aromatic rings. The molecule has 0 radical (unpaired) electrons. The standard InChI is InChI=1S/C25H28N2O7/c1-26(2)9-10-27-22(17-7-6-16(31-3)14-19(17)32-4)21(24(29)25(27)30)23(28)15-5-8-18-20(13-15)34-12-11-33-18/h5-8,13-14,22,28H,9-12H2,1-4H3/b23-21+/t22-/m0/s1. The van der Waals surface area contributed by atoms with Crippen LogP contribution in [0.2, 0.25) is 0 Å². The van der Waals surface area contributed by atoms with E-state index in [0.717, 1.165) is 0 Å². The van der Waals surface area contributed by atoms with E-state index in [9.17, 15) is 14.7 Å². The van der Waals surface area contributed by atoms with Gasteiger partial charge in [-0.25, -0.2) is 0 Å². The highest BCUT2D eigenvalue weighted by Crippen LogP contribution is 2.44. The number of ether oxygens (including phenoxy) is 4. The van der Waals surface area contributed by atoms with Crippen LogP contribution in [0.5, 0.6) is 23.0 Å². The van der Waals surface area contributed by atoms with Crippen LogP contribution >= 0.6 is 0 Å². The van der Waals surface area contributed by atoms with Crippen LogP contribution in [0.25, 0.3) is 5.76 Å². The molecule has 0 aromatic heterocycles. The largest absolute Gasteiger partial charge is 0.507 e. The molecular weight excluding hydrogens is 440 g/mol. The van der Waals surface area contributed by atoms with Crippen LogP contribution < -0.4 is 18.9 Å². The quantitative estimate of drug-likeness (QED) is 0.376. The van der Waals surface area contributed by atoms with Crippen molar-refractivity contribution in [1.29, 1.82) is 0 Å². The number of benzene rings is 2. The smallest absolute Gasteiger partial charge is 0.295 e. The van der Waals surface area contributed by atoms with Crippen molar-refractivity contribution in [3.05, 3.63) is 53.1 Å². The number of aliphatic hydroxyl groups is 1. The maximum atomic E-state index is 13.2. The van der Waals surface area contributed by atoms with E-state index < -0.39 is 17.7 Å². The van der Waals surface area contributed by atoms with E-state index in [1.54, 1.807) is 43.5 Å². The van der Waals surface area contributed by atoms with Gasteiger partial charge in [-0.1, -0.05) is 0 Å². The van der Waals surface area contributed by atoms with Crippen molar-refractivity contribution in [3.8, 4) is 23.0 Å². The molecule has 2 aliphatic rings. The van der Waals surface area contributed by atoms with Gasteiger partial charge < -0.3 is 33.9 Å². The van der Waals surface area contributed by atoms with Gasteiger partial charge in [0, 0.05) is 30.3 Å². The Labute approximate surface area is 198 Å². The van der Waals surface area contributed by atoms with Crippen LogP contribution in [-0.4, -0.2) is 81.2 Å². The second-order valence-corrected chi connectivity index (χ2v) is 8.26. The lowest BCUT2D eigenvalue weighted by Crippen LogP contribution is -2.35. The van der Waals surface area contributed by atoms with Gasteiger partial charge in [-0.05, 0) is 44.4 Å². The van der Waals surface area contributed by atoms with Gasteiger partial charge in [0.1, 0.15) is 30.5 Å². The monoisotopic (exact) mass is 468 g/mol. The molecule has 1 atom stereocenters. The summed E-state index contributed by atoms with van der Waals surface area (Å²) in [5, 5.41) is 11.3. The van der Waals surface area contributed by atoms with E-state index in [1.807, 2.05) is 19.0 Å². The molecule has 34 heavy (non-hydrogen) atoms. The first-order valence-electron chi connectivity index (χ1n) is 10.9. The minimum atomic E-state index is -0.839. The Morgan fingerprint density at radius 3 is 2.47 bits per heavy atom. The number of nitrogens with zero attached hydrogens (tertiary/aromatic N) is 2. The number of ketones is 1. The predicted molar refractivity (Wildman–Crippen MR) is 125 cm³/mol. The molecule has 4 rings (SSSR count). The van der Waals surface area contributed by atoms with Crippen LogP contribution in [0.1, 0.15) is 17.2 Å². The summed E-state index contributed by atoms with van der Waals surface area (Å²) in [4.78, 5) is 29.7. The SMILES string of the molecule is COc1ccc([C@H]2/C(=C(\O)c3ccc4c(c3)OCCO4)C(=O)C(=O)N2CCN(C)C)c(OC)c1. The predicted octanol–water partition coefficient (Wildman–Crippen LogP) is 2.46. The number of rotatable bonds is 7. The average molecular weight is 469 g/mol. The van der Waals surface area contributed by atoms with Crippen LogP contribution in [-0.2, 0) is 9.59 Å². The van der Waals surface area contributed by atoms with Gasteiger partial charge in [0.05, 0.1) is 25.8 Å². The molecule has 9 heteroatoms. The molecule has 1 fully saturated rings. The van der Waals surface area contributed by atoms with Crippen molar-refractivity contribution in [3.63, 3.8) is 0 Å². The molecule has 180 valence electrons. The molecule has 0 aliphatic carbocycles. The summed E-state index contributed by atoms with van der Waals surface area (Å²) < 4.78 is 22.0. The lowest BCUT2D eigenvalue weighted by Gasteiger charge is -2.28. The molecule has 1 amide bonds. The van der Waals surface area contributed by atoms with Crippen molar-refractivity contribution in [1.82, 2.24) is 9.80 Å². The van der Waals surface area contributed by atoms with Crippen LogP contribution in [0, 0.1) is 0 Å². The maximum Gasteiger partial charge on any atom is 0.295 e. The summed E-state index contributed by atoms with van der Waals surface area (Å²) in [6.45, 7) is 1.64. The third-order valence-electron chi connectivity index (χ3n) is 5.88. The zero-order valence-corrected chi connectivity index (χ0v) is 19.7. The summed E-state index contributed by atoms with van der Waals surface area (Å²) in [7, 11) is 6.81. The minimum Gasteiger partial charge on any atom is -0.507 e. The number of fused-ring (bicyclic) bond motifs is 1. The van der Waals surface area contributed by atoms with Crippen molar-refractivity contribution in [2.24, 2.45) is 0 Å². The average Bonchev–Trinajstić information content (AvgIpc) is 3.10. The summed E-state index contributed by atoms with van der Waals surface area (Å²) in [5.74, 6) is 0.313. The summed E-state index contributed by atoms with van der Waals surface area (Å²) >= 11 is 0. The number of Topliss-reactive ketones (excluding diaryl/α,β-unsaturated/α-hetero) is 1. The Morgan fingerprint density at radius 2 is 1.79 bits per heavy atom. The number of carbonyl (C=O) groups excluding carboxylic acids is 2. The Morgan fingerprint density at radius 1 is 1.06 bits per heavy atom. The van der Waals surface area contributed by atoms with E-state index in [2.05, 4.69) is 0 Å². The van der Waals surface area contributed by atoms with Crippen LogP contribution in [0.3, 0.4) is 0 Å². The van der Waals surface area contributed by atoms with Gasteiger partial charge in [0.15, 0.2) is 11.5 Å². The number of likely N-dealkylation sites (N-methyl/N-ethyl adjacent to an activating group) is 1. The zero-order chi connectivity index (χ0) is 24.4. The fourth-order valence-corrected chi connectivity index (χ4v) is 4.13. The first kappa shape index (κ1) is 23.4. The number of carbonyl (C=O) groups is 2. The number of amides is 1. The fourth-order valence-electron chi connectivity index (χ4n) is 4.13. The fraction of sp³-hybridized carbons (Fsp3) is 0.360. The highest BCUT2D eigenvalue weighted by Gasteiger charge is 2.47. The van der Waals surface area contributed by atoms with Crippen LogP contribution in [0.15, 0.2) is 42.0 Å². The number of aliphatic hydroxyl groups excluding tert-OH is 1. The number of methoxy groups -OCH3 is 2. The number of likely N-dealkylation sites (tertiary alicyclic amines) is 1. The van der Waals surface area contributed by atoms with Gasteiger partial charge >= 0.3 is 0 Å². The Balaban J connectivity index is 1.87. The van der Waals surface area contributed by atoms with E-state index >= 15 is 0 Å². The number of hydrogen-bond donors (Lipinski definition) is 1. The van der Waals surface area contributed by atoms with Gasteiger partial charge in [0.25, 0.3) is 11.7 Å². The highest BCUT2D eigenvalue weighted by atomic mass is 16.6. The second-order valence-electron chi connectivity index (χ2n) is 8.26. The molecule has 1 N–H and O–H groups in total. The Kier molecular flexibility index (Phi) is 6.65. The van der Waals surface area contributed by atoms with Crippen molar-refractivity contribution >= 4 is 17.4 Å². The summed E-state index contributed by atoms with van der Waals surface area (Å²) in [6.07, 6.45) is 0. The molecule has 2 aliphatic heterocycles. The molecular formula is C25H28N2O7. The van der Waals surface area contributed by atoms with Crippen molar-refractivity contribution in [2.75, 3.05) is 54.6 Å². The second kappa shape index (κ2) is 9.64. The summed E-state index contributed by atoms with van der Waals surface area (Å²) in [5.41, 5.74) is 0.914. The maximum absolute atomic E-state index is 13.2. The molecule has 0 spiro atoms. The van der Waals surface area contributed by atoms with Crippen molar-refractivity contribution in [2.45, 2.75) is 6.04 Å². The van der Waals surface area contributed by atoms with Gasteiger partial charge in [-0.2, -0.15) is 0 Å². The van der Waals surface area contributed by atoms with E-state index in [-0.39, 0.29) is 17.9 Å². The molecule has 2 aromatic carbocycles. The first-order chi connectivity index (χ1) is 16.3. The summed E-state index contributed by atoms with van der Waals surface area (Å²) in [6, 6.07) is 9.24. The first-order valence-corrected chi connectivity index (χ1v) is 10.9. The Hall–Kier alpha value is -3.72. The third-order valence-corrected chi connectivity index (χ3v) is 5.88. The van der Waals surface area contributed by atoms with E-state index in [0.29, 0.717) is 53.9 Å². The minimum absolute atomic E-state index is 0.0103. The molecule has 9 nitrogen and oxygen atoms in total. The number of hydrogen-bond acceptors (Lipinski definition) is 8.